The molecular weight excluding hydrogens is 400 g/mol. The molecule has 0 aliphatic carbocycles. The Labute approximate surface area is 181 Å². The number of amides is 2. The van der Waals surface area contributed by atoms with Gasteiger partial charge in [-0.15, -0.1) is 0 Å². The van der Waals surface area contributed by atoms with Crippen molar-refractivity contribution in [2.75, 3.05) is 27.4 Å². The molecule has 31 heavy (non-hydrogen) atoms. The summed E-state index contributed by atoms with van der Waals surface area (Å²) in [6.07, 6.45) is -0.579. The van der Waals surface area contributed by atoms with Gasteiger partial charge in [-0.2, -0.15) is 0 Å². The van der Waals surface area contributed by atoms with E-state index in [0.29, 0.717) is 18.0 Å². The zero-order chi connectivity index (χ0) is 22.4. The molecular formula is C23H28N2O6. The summed E-state index contributed by atoms with van der Waals surface area (Å²) < 4.78 is 16.0. The van der Waals surface area contributed by atoms with Gasteiger partial charge < -0.3 is 24.2 Å². The third-order valence-electron chi connectivity index (χ3n) is 5.44. The van der Waals surface area contributed by atoms with Crippen LogP contribution in [0, 0.1) is 0 Å². The first-order valence-corrected chi connectivity index (χ1v) is 10.1. The number of benzene rings is 2. The lowest BCUT2D eigenvalue weighted by Crippen LogP contribution is -2.72. The second-order valence-electron chi connectivity index (χ2n) is 7.16. The van der Waals surface area contributed by atoms with Crippen LogP contribution in [0.15, 0.2) is 48.5 Å². The Morgan fingerprint density at radius 2 is 1.87 bits per heavy atom. The van der Waals surface area contributed by atoms with E-state index in [1.165, 1.54) is 4.90 Å². The number of carbonyl (C=O) groups excluding carboxylic acids is 2. The van der Waals surface area contributed by atoms with E-state index >= 15 is 0 Å². The fourth-order valence-corrected chi connectivity index (χ4v) is 3.73. The summed E-state index contributed by atoms with van der Waals surface area (Å²) in [4.78, 5) is 28.5. The maximum atomic E-state index is 12.9. The summed E-state index contributed by atoms with van der Waals surface area (Å²) in [5, 5.41) is 9.94. The predicted molar refractivity (Wildman–Crippen MR) is 114 cm³/mol. The molecule has 1 saturated heterocycles. The first-order chi connectivity index (χ1) is 15.0. The van der Waals surface area contributed by atoms with E-state index < -0.39 is 18.2 Å². The van der Waals surface area contributed by atoms with Crippen LogP contribution in [0.25, 0.3) is 0 Å². The van der Waals surface area contributed by atoms with Crippen LogP contribution in [-0.4, -0.2) is 66.4 Å². The molecule has 2 atom stereocenters. The van der Waals surface area contributed by atoms with Crippen LogP contribution in [0.4, 0.5) is 4.79 Å². The topological polar surface area (TPSA) is 88.5 Å². The molecule has 2 unspecified atom stereocenters. The number of hydrogen-bond acceptors (Lipinski definition) is 6. The van der Waals surface area contributed by atoms with Crippen LogP contribution in [0.3, 0.4) is 0 Å². The molecule has 1 aliphatic heterocycles. The number of hydrogen-bond donors (Lipinski definition) is 1. The van der Waals surface area contributed by atoms with E-state index in [9.17, 15) is 14.7 Å². The van der Waals surface area contributed by atoms with Crippen molar-refractivity contribution in [3.8, 4) is 11.5 Å². The van der Waals surface area contributed by atoms with Gasteiger partial charge in [0, 0.05) is 24.7 Å². The van der Waals surface area contributed by atoms with Crippen LogP contribution >= 0.6 is 0 Å². The van der Waals surface area contributed by atoms with Crippen LogP contribution in [0.5, 0.6) is 11.5 Å². The molecule has 0 bridgehead atoms. The van der Waals surface area contributed by atoms with Crippen molar-refractivity contribution in [1.82, 2.24) is 9.80 Å². The summed E-state index contributed by atoms with van der Waals surface area (Å²) in [6.45, 7) is 2.18. The number of aliphatic hydroxyl groups excluding tert-OH is 1. The average Bonchev–Trinajstić information content (AvgIpc) is 2.82. The standard InChI is InChI=1S/C23H28N2O6/c1-4-24(23(28)31-15-16-8-6-5-7-9-16)21-19(14-26)25(22(21)27)13-17-10-11-18(29-2)12-20(17)30-3/h5-12,19,21,26H,4,13-15H2,1-3H3. The maximum Gasteiger partial charge on any atom is 0.410 e. The zero-order valence-electron chi connectivity index (χ0n) is 18.0. The number of likely N-dealkylation sites (N-methyl/N-ethyl adjacent to an activating group) is 1. The first-order valence-electron chi connectivity index (χ1n) is 10.1. The zero-order valence-corrected chi connectivity index (χ0v) is 18.0. The fourth-order valence-electron chi connectivity index (χ4n) is 3.73. The normalized spacial score (nSPS) is 17.7. The number of aliphatic hydroxyl groups is 1. The van der Waals surface area contributed by atoms with Gasteiger partial charge in [0.2, 0.25) is 5.91 Å². The van der Waals surface area contributed by atoms with Crippen molar-refractivity contribution in [2.45, 2.75) is 32.2 Å². The van der Waals surface area contributed by atoms with E-state index in [1.54, 1.807) is 38.2 Å². The molecule has 3 rings (SSSR count). The van der Waals surface area contributed by atoms with E-state index in [2.05, 4.69) is 0 Å². The Morgan fingerprint density at radius 3 is 2.48 bits per heavy atom. The Kier molecular flexibility index (Phi) is 7.36. The number of likely N-dealkylation sites (tertiary alicyclic amines) is 1. The molecule has 2 aromatic carbocycles. The maximum absolute atomic E-state index is 12.9. The fraction of sp³-hybridized carbons (Fsp3) is 0.391. The monoisotopic (exact) mass is 428 g/mol. The second-order valence-corrected chi connectivity index (χ2v) is 7.16. The summed E-state index contributed by atoms with van der Waals surface area (Å²) in [5.74, 6) is 0.989. The van der Waals surface area contributed by atoms with Crippen LogP contribution in [0.2, 0.25) is 0 Å². The highest BCUT2D eigenvalue weighted by molar-refractivity contribution is 5.92. The lowest BCUT2D eigenvalue weighted by molar-refractivity contribution is -0.162. The quantitative estimate of drug-likeness (QED) is 0.617. The van der Waals surface area contributed by atoms with Crippen LogP contribution < -0.4 is 9.47 Å². The van der Waals surface area contributed by atoms with Gasteiger partial charge in [-0.1, -0.05) is 30.3 Å². The van der Waals surface area contributed by atoms with Crippen molar-refractivity contribution >= 4 is 12.0 Å². The van der Waals surface area contributed by atoms with Gasteiger partial charge in [-0.25, -0.2) is 4.79 Å². The van der Waals surface area contributed by atoms with Gasteiger partial charge in [-0.05, 0) is 24.6 Å². The minimum absolute atomic E-state index is 0.119. The highest BCUT2D eigenvalue weighted by Gasteiger charge is 2.51. The minimum atomic E-state index is -0.762. The molecule has 0 saturated carbocycles. The number of nitrogens with zero attached hydrogens (tertiary/aromatic N) is 2. The molecule has 1 N–H and O–H groups in total. The van der Waals surface area contributed by atoms with Crippen molar-refractivity contribution in [3.63, 3.8) is 0 Å². The molecule has 1 aliphatic rings. The van der Waals surface area contributed by atoms with Gasteiger partial charge in [0.25, 0.3) is 0 Å². The number of rotatable bonds is 9. The average molecular weight is 428 g/mol. The molecule has 8 heteroatoms. The first kappa shape index (κ1) is 22.4. The third-order valence-corrected chi connectivity index (χ3v) is 5.44. The van der Waals surface area contributed by atoms with Crippen molar-refractivity contribution in [1.29, 1.82) is 0 Å². The Hall–Kier alpha value is -3.26. The van der Waals surface area contributed by atoms with E-state index in [1.807, 2.05) is 36.4 Å². The molecule has 0 radical (unpaired) electrons. The van der Waals surface area contributed by atoms with Crippen LogP contribution in [-0.2, 0) is 22.7 Å². The number of methoxy groups -OCH3 is 2. The van der Waals surface area contributed by atoms with Gasteiger partial charge in [-0.3, -0.25) is 9.69 Å². The molecule has 2 aromatic rings. The molecule has 1 fully saturated rings. The highest BCUT2D eigenvalue weighted by Crippen LogP contribution is 2.32. The van der Waals surface area contributed by atoms with Crippen molar-refractivity contribution in [2.24, 2.45) is 0 Å². The van der Waals surface area contributed by atoms with E-state index in [-0.39, 0.29) is 25.7 Å². The highest BCUT2D eigenvalue weighted by atomic mass is 16.6. The second kappa shape index (κ2) is 10.2. The lowest BCUT2D eigenvalue weighted by Gasteiger charge is -2.50. The lowest BCUT2D eigenvalue weighted by atomic mass is 9.93. The van der Waals surface area contributed by atoms with Crippen molar-refractivity contribution < 1.29 is 28.9 Å². The van der Waals surface area contributed by atoms with Crippen molar-refractivity contribution in [3.05, 3.63) is 59.7 Å². The summed E-state index contributed by atoms with van der Waals surface area (Å²) in [7, 11) is 3.11. The van der Waals surface area contributed by atoms with Crippen LogP contribution in [0.1, 0.15) is 18.1 Å². The Bertz CT molecular complexity index is 904. The smallest absolute Gasteiger partial charge is 0.410 e. The van der Waals surface area contributed by atoms with E-state index in [4.69, 9.17) is 14.2 Å². The molecule has 0 spiro atoms. The number of carbonyl (C=O) groups is 2. The summed E-state index contributed by atoms with van der Waals surface area (Å²) in [6, 6.07) is 13.4. The predicted octanol–water partition coefficient (Wildman–Crippen LogP) is 2.43. The third kappa shape index (κ3) is 4.74. The largest absolute Gasteiger partial charge is 0.497 e. The Morgan fingerprint density at radius 1 is 1.13 bits per heavy atom. The molecule has 1 heterocycles. The molecule has 2 amide bonds. The van der Waals surface area contributed by atoms with E-state index in [0.717, 1.165) is 11.1 Å². The Balaban J connectivity index is 1.68. The SMILES string of the molecule is CCN(C(=O)OCc1ccccc1)C1C(=O)N(Cc2ccc(OC)cc2OC)C1CO. The molecule has 0 aromatic heterocycles. The molecule has 166 valence electrons. The molecule has 8 nitrogen and oxygen atoms in total. The summed E-state index contributed by atoms with van der Waals surface area (Å²) >= 11 is 0. The van der Waals surface area contributed by atoms with Gasteiger partial charge >= 0.3 is 6.09 Å². The van der Waals surface area contributed by atoms with Gasteiger partial charge in [0.1, 0.15) is 24.1 Å². The number of ether oxygens (including phenoxy) is 3. The summed E-state index contributed by atoms with van der Waals surface area (Å²) in [5.41, 5.74) is 1.64. The number of β-lactam (4-membered cyclic amide) rings is 1. The van der Waals surface area contributed by atoms with Gasteiger partial charge in [0.05, 0.1) is 26.9 Å². The minimum Gasteiger partial charge on any atom is -0.497 e. The van der Waals surface area contributed by atoms with Gasteiger partial charge in [0.15, 0.2) is 0 Å².